The van der Waals surface area contributed by atoms with Crippen LogP contribution >= 0.6 is 0 Å². The molecular formula is C12H15NO3. The van der Waals surface area contributed by atoms with E-state index in [4.69, 9.17) is 4.74 Å². The van der Waals surface area contributed by atoms with Crippen molar-refractivity contribution in [3.8, 4) is 5.75 Å². The van der Waals surface area contributed by atoms with Crippen molar-refractivity contribution in [1.82, 2.24) is 5.32 Å². The largest absolute Gasteiger partial charge is 0.492 e. The molecule has 0 unspecified atom stereocenters. The predicted molar refractivity (Wildman–Crippen MR) is 60.6 cm³/mol. The van der Waals surface area contributed by atoms with Gasteiger partial charge in [0.15, 0.2) is 6.29 Å². The standard InChI is InChI=1S/C12H15NO3/c1-2-13-12(15)7-8-16-11-6-4-3-5-10(11)9-14/h3-6,9H,2,7-8H2,1H3,(H,13,15). The fourth-order valence-corrected chi connectivity index (χ4v) is 1.25. The summed E-state index contributed by atoms with van der Waals surface area (Å²) < 4.78 is 5.35. The number of hydrogen-bond acceptors (Lipinski definition) is 3. The predicted octanol–water partition coefficient (Wildman–Crippen LogP) is 1.40. The third-order valence-corrected chi connectivity index (χ3v) is 2.01. The first-order chi connectivity index (χ1) is 7.77. The summed E-state index contributed by atoms with van der Waals surface area (Å²) in [5.41, 5.74) is 0.499. The molecule has 86 valence electrons. The van der Waals surface area contributed by atoms with E-state index in [1.54, 1.807) is 24.3 Å². The Kier molecular flexibility index (Phi) is 5.05. The highest BCUT2D eigenvalue weighted by atomic mass is 16.5. The average molecular weight is 221 g/mol. The Morgan fingerprint density at radius 2 is 2.19 bits per heavy atom. The van der Waals surface area contributed by atoms with E-state index in [2.05, 4.69) is 5.32 Å². The van der Waals surface area contributed by atoms with Gasteiger partial charge >= 0.3 is 0 Å². The van der Waals surface area contributed by atoms with Crippen LogP contribution in [0.4, 0.5) is 0 Å². The van der Waals surface area contributed by atoms with Crippen molar-refractivity contribution in [3.63, 3.8) is 0 Å². The van der Waals surface area contributed by atoms with Crippen molar-refractivity contribution in [1.29, 1.82) is 0 Å². The molecule has 0 saturated heterocycles. The Labute approximate surface area is 94.6 Å². The lowest BCUT2D eigenvalue weighted by Gasteiger charge is -2.07. The van der Waals surface area contributed by atoms with E-state index in [1.807, 2.05) is 6.92 Å². The lowest BCUT2D eigenvalue weighted by atomic mass is 10.2. The summed E-state index contributed by atoms with van der Waals surface area (Å²) in [7, 11) is 0. The molecule has 0 saturated carbocycles. The first-order valence-corrected chi connectivity index (χ1v) is 5.21. The van der Waals surface area contributed by atoms with Gasteiger partial charge in [-0.3, -0.25) is 9.59 Å². The van der Waals surface area contributed by atoms with Crippen LogP contribution in [0.25, 0.3) is 0 Å². The van der Waals surface area contributed by atoms with Crippen LogP contribution in [-0.2, 0) is 4.79 Å². The molecule has 1 amide bonds. The quantitative estimate of drug-likeness (QED) is 0.739. The van der Waals surface area contributed by atoms with Crippen LogP contribution in [0, 0.1) is 0 Å². The number of hydrogen-bond donors (Lipinski definition) is 1. The first kappa shape index (κ1) is 12.2. The number of carbonyl (C=O) groups excluding carboxylic acids is 2. The van der Waals surface area contributed by atoms with Gasteiger partial charge in [0.2, 0.25) is 5.91 Å². The molecule has 0 heterocycles. The summed E-state index contributed by atoms with van der Waals surface area (Å²) in [6.45, 7) is 2.75. The van der Waals surface area contributed by atoms with Gasteiger partial charge in [-0.15, -0.1) is 0 Å². The zero-order valence-electron chi connectivity index (χ0n) is 9.23. The van der Waals surface area contributed by atoms with Gasteiger partial charge in [0.05, 0.1) is 18.6 Å². The van der Waals surface area contributed by atoms with Crippen LogP contribution in [0.5, 0.6) is 5.75 Å². The van der Waals surface area contributed by atoms with Gasteiger partial charge in [-0.05, 0) is 19.1 Å². The lowest BCUT2D eigenvalue weighted by Crippen LogP contribution is -2.24. The number of nitrogens with one attached hydrogen (secondary N) is 1. The molecular weight excluding hydrogens is 206 g/mol. The van der Waals surface area contributed by atoms with Crippen molar-refractivity contribution in [2.75, 3.05) is 13.2 Å². The Balaban J connectivity index is 2.42. The van der Waals surface area contributed by atoms with Crippen LogP contribution in [-0.4, -0.2) is 25.3 Å². The fourth-order valence-electron chi connectivity index (χ4n) is 1.25. The Morgan fingerprint density at radius 1 is 1.44 bits per heavy atom. The van der Waals surface area contributed by atoms with Crippen LogP contribution in [0.15, 0.2) is 24.3 Å². The molecule has 0 radical (unpaired) electrons. The third kappa shape index (κ3) is 3.73. The minimum absolute atomic E-state index is 0.0499. The maximum atomic E-state index is 11.1. The van der Waals surface area contributed by atoms with E-state index >= 15 is 0 Å². The second-order valence-electron chi connectivity index (χ2n) is 3.21. The molecule has 1 rings (SSSR count). The van der Waals surface area contributed by atoms with Crippen LogP contribution in [0.1, 0.15) is 23.7 Å². The van der Waals surface area contributed by atoms with Gasteiger partial charge in [-0.1, -0.05) is 12.1 Å². The maximum Gasteiger partial charge on any atom is 0.223 e. The third-order valence-electron chi connectivity index (χ3n) is 2.01. The Hall–Kier alpha value is -1.84. The highest BCUT2D eigenvalue weighted by Gasteiger charge is 2.03. The normalized spacial score (nSPS) is 9.56. The molecule has 0 aliphatic rings. The zero-order valence-corrected chi connectivity index (χ0v) is 9.23. The van der Waals surface area contributed by atoms with Crippen LogP contribution in [0.3, 0.4) is 0 Å². The molecule has 1 N–H and O–H groups in total. The minimum atomic E-state index is -0.0499. The smallest absolute Gasteiger partial charge is 0.223 e. The van der Waals surface area contributed by atoms with E-state index in [-0.39, 0.29) is 12.5 Å². The molecule has 16 heavy (non-hydrogen) atoms. The molecule has 4 heteroatoms. The Bertz CT molecular complexity index is 363. The maximum absolute atomic E-state index is 11.1. The van der Waals surface area contributed by atoms with E-state index < -0.39 is 0 Å². The van der Waals surface area contributed by atoms with Crippen LogP contribution < -0.4 is 10.1 Å². The summed E-state index contributed by atoms with van der Waals surface area (Å²) in [6, 6.07) is 6.94. The highest BCUT2D eigenvalue weighted by molar-refractivity contribution is 5.79. The molecule has 4 nitrogen and oxygen atoms in total. The summed E-state index contributed by atoms with van der Waals surface area (Å²) in [5.74, 6) is 0.466. The molecule has 0 spiro atoms. The summed E-state index contributed by atoms with van der Waals surface area (Å²) in [5, 5.41) is 2.67. The summed E-state index contributed by atoms with van der Waals surface area (Å²) in [4.78, 5) is 21.8. The molecule has 1 aromatic carbocycles. The van der Waals surface area contributed by atoms with E-state index in [9.17, 15) is 9.59 Å². The number of benzene rings is 1. The van der Waals surface area contributed by atoms with E-state index in [0.29, 0.717) is 24.3 Å². The second-order valence-corrected chi connectivity index (χ2v) is 3.21. The number of carbonyl (C=O) groups is 2. The van der Waals surface area contributed by atoms with Crippen molar-refractivity contribution in [2.24, 2.45) is 0 Å². The van der Waals surface area contributed by atoms with Crippen molar-refractivity contribution in [2.45, 2.75) is 13.3 Å². The number of ether oxygens (including phenoxy) is 1. The molecule has 0 atom stereocenters. The molecule has 0 aliphatic heterocycles. The highest BCUT2D eigenvalue weighted by Crippen LogP contribution is 2.15. The molecule has 1 aromatic rings. The first-order valence-electron chi connectivity index (χ1n) is 5.21. The van der Waals surface area contributed by atoms with Crippen LogP contribution in [0.2, 0.25) is 0 Å². The van der Waals surface area contributed by atoms with Gasteiger partial charge in [-0.25, -0.2) is 0 Å². The SMILES string of the molecule is CCNC(=O)CCOc1ccccc1C=O. The minimum Gasteiger partial charge on any atom is -0.492 e. The van der Waals surface area contributed by atoms with E-state index in [1.165, 1.54) is 0 Å². The number of rotatable bonds is 6. The van der Waals surface area contributed by atoms with Gasteiger partial charge in [-0.2, -0.15) is 0 Å². The topological polar surface area (TPSA) is 55.4 Å². The molecule has 0 aliphatic carbocycles. The zero-order chi connectivity index (χ0) is 11.8. The number of para-hydroxylation sites is 1. The van der Waals surface area contributed by atoms with Crippen molar-refractivity contribution < 1.29 is 14.3 Å². The fraction of sp³-hybridized carbons (Fsp3) is 0.333. The van der Waals surface area contributed by atoms with Crippen molar-refractivity contribution >= 4 is 12.2 Å². The molecule has 0 bridgehead atoms. The summed E-state index contributed by atoms with van der Waals surface area (Å²) in [6.07, 6.45) is 1.03. The van der Waals surface area contributed by atoms with Gasteiger partial charge in [0.25, 0.3) is 0 Å². The van der Waals surface area contributed by atoms with Gasteiger partial charge < -0.3 is 10.1 Å². The summed E-state index contributed by atoms with van der Waals surface area (Å²) >= 11 is 0. The monoisotopic (exact) mass is 221 g/mol. The number of amides is 1. The van der Waals surface area contributed by atoms with Crippen molar-refractivity contribution in [3.05, 3.63) is 29.8 Å². The van der Waals surface area contributed by atoms with Gasteiger partial charge in [0, 0.05) is 6.54 Å². The molecule has 0 fully saturated rings. The number of aldehydes is 1. The second kappa shape index (κ2) is 6.61. The lowest BCUT2D eigenvalue weighted by molar-refractivity contribution is -0.121. The average Bonchev–Trinajstić information content (AvgIpc) is 2.30. The Morgan fingerprint density at radius 3 is 2.88 bits per heavy atom. The van der Waals surface area contributed by atoms with Gasteiger partial charge in [0.1, 0.15) is 5.75 Å². The van der Waals surface area contributed by atoms with E-state index in [0.717, 1.165) is 6.29 Å². The molecule has 0 aromatic heterocycles.